The number of amides is 1. The van der Waals surface area contributed by atoms with Crippen molar-refractivity contribution in [2.45, 2.75) is 32.6 Å². The summed E-state index contributed by atoms with van der Waals surface area (Å²) in [4.78, 5) is 23.4. The number of aliphatic carboxylic acids is 1. The average Bonchev–Trinajstić information content (AvgIpc) is 2.88. The van der Waals surface area contributed by atoms with E-state index < -0.39 is 5.97 Å². The van der Waals surface area contributed by atoms with Gasteiger partial charge in [-0.1, -0.05) is 61.1 Å². The van der Waals surface area contributed by atoms with Gasteiger partial charge in [-0.05, 0) is 30.9 Å². The molecule has 0 bridgehead atoms. The predicted molar refractivity (Wildman–Crippen MR) is 98.2 cm³/mol. The molecule has 0 spiro atoms. The molecule has 0 saturated carbocycles. The zero-order chi connectivity index (χ0) is 17.5. The van der Waals surface area contributed by atoms with Crippen LogP contribution in [-0.4, -0.2) is 27.9 Å². The first-order chi connectivity index (χ1) is 11.5. The minimum absolute atomic E-state index is 0.121. The van der Waals surface area contributed by atoms with Gasteiger partial charge in [0.2, 0.25) is 0 Å². The van der Waals surface area contributed by atoms with Crippen molar-refractivity contribution in [3.05, 3.63) is 40.3 Å². The molecule has 1 heterocycles. The molecule has 1 saturated heterocycles. The summed E-state index contributed by atoms with van der Waals surface area (Å²) >= 11 is 6.37. The van der Waals surface area contributed by atoms with E-state index in [0.717, 1.165) is 24.0 Å². The number of thioether (sulfide) groups is 1. The van der Waals surface area contributed by atoms with Crippen molar-refractivity contribution in [3.63, 3.8) is 0 Å². The number of hydrogen-bond donors (Lipinski definition) is 2. The second-order valence-electron chi connectivity index (χ2n) is 5.32. The molecule has 1 fully saturated rings. The van der Waals surface area contributed by atoms with Crippen molar-refractivity contribution in [2.24, 2.45) is 0 Å². The first-order valence-electron chi connectivity index (χ1n) is 7.69. The van der Waals surface area contributed by atoms with Crippen LogP contribution < -0.4 is 10.1 Å². The van der Waals surface area contributed by atoms with Crippen LogP contribution in [0.5, 0.6) is 5.75 Å². The topological polar surface area (TPSA) is 75.6 Å². The third kappa shape index (κ3) is 5.07. The molecule has 2 rings (SSSR count). The fourth-order valence-electron chi connectivity index (χ4n) is 2.48. The van der Waals surface area contributed by atoms with Crippen molar-refractivity contribution in [1.29, 1.82) is 0 Å². The van der Waals surface area contributed by atoms with E-state index in [-0.39, 0.29) is 12.5 Å². The number of rotatable bonds is 8. The molecule has 0 atom stereocenters. The summed E-state index contributed by atoms with van der Waals surface area (Å²) in [5.41, 5.74) is 2.01. The molecule has 1 aliphatic heterocycles. The number of ether oxygens (including phenoxy) is 1. The van der Waals surface area contributed by atoms with Gasteiger partial charge in [0.25, 0.3) is 5.91 Å². The Morgan fingerprint density at radius 3 is 2.71 bits per heavy atom. The maximum atomic E-state index is 12.0. The summed E-state index contributed by atoms with van der Waals surface area (Å²) in [6, 6.07) is 7.38. The number of allylic oxidation sites excluding steroid dienone is 1. The smallest absolute Gasteiger partial charge is 0.341 e. The first-order valence-corrected chi connectivity index (χ1v) is 8.91. The summed E-state index contributed by atoms with van der Waals surface area (Å²) in [5, 5.41) is 11.4. The summed E-state index contributed by atoms with van der Waals surface area (Å²) < 4.78 is 5.83. The van der Waals surface area contributed by atoms with Gasteiger partial charge in [0.15, 0.2) is 6.61 Å². The summed E-state index contributed by atoms with van der Waals surface area (Å²) in [6.45, 7) is 1.70. The molecule has 5 nitrogen and oxygen atoms in total. The molecule has 1 aromatic carbocycles. The minimum atomic E-state index is -1.01. The van der Waals surface area contributed by atoms with Crippen LogP contribution in [0.15, 0.2) is 34.7 Å². The minimum Gasteiger partial charge on any atom is -0.482 e. The molecule has 24 heavy (non-hydrogen) atoms. The Morgan fingerprint density at radius 1 is 1.33 bits per heavy atom. The Bertz CT molecular complexity index is 685. The van der Waals surface area contributed by atoms with Crippen LogP contribution in [0.4, 0.5) is 0 Å². The highest BCUT2D eigenvalue weighted by Gasteiger charge is 2.25. The largest absolute Gasteiger partial charge is 0.482 e. The molecule has 1 aliphatic rings. The molecule has 0 aliphatic carbocycles. The number of carbonyl (C=O) groups excluding carboxylic acids is 1. The standard InChI is InChI=1S/C17H19NO4S2/c1-2-5-12(15-16(21)18-17(23)24-15)9-8-11-6-3-4-7-13(11)22-10-14(19)20/h3-4,6-7H,2,5,8-10H2,1H3,(H,19,20)(H,18,21,23)/b15-12+. The van der Waals surface area contributed by atoms with Gasteiger partial charge in [-0.3, -0.25) is 4.79 Å². The normalized spacial score (nSPS) is 16.0. The van der Waals surface area contributed by atoms with Crippen LogP contribution in [0.25, 0.3) is 0 Å². The second-order valence-corrected chi connectivity index (χ2v) is 7.00. The molecule has 2 N–H and O–H groups in total. The van der Waals surface area contributed by atoms with E-state index in [2.05, 4.69) is 12.2 Å². The molecule has 1 aromatic rings. The molecular weight excluding hydrogens is 346 g/mol. The van der Waals surface area contributed by atoms with E-state index in [0.29, 0.717) is 27.8 Å². The summed E-state index contributed by atoms with van der Waals surface area (Å²) in [6.07, 6.45) is 3.15. The van der Waals surface area contributed by atoms with Gasteiger partial charge in [0, 0.05) is 0 Å². The van der Waals surface area contributed by atoms with E-state index in [1.165, 1.54) is 11.8 Å². The quantitative estimate of drug-likeness (QED) is 0.544. The molecule has 0 aromatic heterocycles. The van der Waals surface area contributed by atoms with Crippen LogP contribution >= 0.6 is 24.0 Å². The zero-order valence-electron chi connectivity index (χ0n) is 13.3. The van der Waals surface area contributed by atoms with E-state index in [1.807, 2.05) is 18.2 Å². The fourth-order valence-corrected chi connectivity index (χ4v) is 3.64. The third-order valence-corrected chi connectivity index (χ3v) is 4.83. The van der Waals surface area contributed by atoms with Crippen LogP contribution in [-0.2, 0) is 16.0 Å². The van der Waals surface area contributed by atoms with Crippen molar-refractivity contribution >= 4 is 40.2 Å². The zero-order valence-corrected chi connectivity index (χ0v) is 15.0. The number of hydrogen-bond acceptors (Lipinski definition) is 5. The molecule has 0 unspecified atom stereocenters. The second kappa shape index (κ2) is 8.84. The average molecular weight is 365 g/mol. The van der Waals surface area contributed by atoms with Crippen molar-refractivity contribution in [3.8, 4) is 5.75 Å². The lowest BCUT2D eigenvalue weighted by Crippen LogP contribution is -2.18. The number of carbonyl (C=O) groups is 2. The summed E-state index contributed by atoms with van der Waals surface area (Å²) in [7, 11) is 0. The van der Waals surface area contributed by atoms with Gasteiger partial charge in [-0.25, -0.2) is 4.79 Å². The Kier molecular flexibility index (Phi) is 6.81. The van der Waals surface area contributed by atoms with Gasteiger partial charge in [-0.15, -0.1) is 0 Å². The lowest BCUT2D eigenvalue weighted by molar-refractivity contribution is -0.139. The third-order valence-electron chi connectivity index (χ3n) is 3.51. The number of benzene rings is 1. The summed E-state index contributed by atoms with van der Waals surface area (Å²) in [5.74, 6) is -0.560. The van der Waals surface area contributed by atoms with E-state index in [4.69, 9.17) is 22.1 Å². The Labute approximate surface area is 150 Å². The number of para-hydroxylation sites is 1. The predicted octanol–water partition coefficient (Wildman–Crippen LogP) is 3.28. The number of nitrogens with one attached hydrogen (secondary N) is 1. The highest BCUT2D eigenvalue weighted by Crippen LogP contribution is 2.32. The van der Waals surface area contributed by atoms with Crippen molar-refractivity contribution in [2.75, 3.05) is 6.61 Å². The molecule has 0 radical (unpaired) electrons. The van der Waals surface area contributed by atoms with E-state index in [9.17, 15) is 9.59 Å². The van der Waals surface area contributed by atoms with Gasteiger partial charge in [0.05, 0.1) is 4.91 Å². The molecule has 7 heteroatoms. The van der Waals surface area contributed by atoms with Gasteiger partial charge in [-0.2, -0.15) is 0 Å². The van der Waals surface area contributed by atoms with Crippen LogP contribution in [0.2, 0.25) is 0 Å². The van der Waals surface area contributed by atoms with Crippen molar-refractivity contribution in [1.82, 2.24) is 5.32 Å². The maximum absolute atomic E-state index is 12.0. The highest BCUT2D eigenvalue weighted by atomic mass is 32.2. The lowest BCUT2D eigenvalue weighted by atomic mass is 10.00. The molecule has 128 valence electrons. The van der Waals surface area contributed by atoms with Crippen LogP contribution in [0.1, 0.15) is 31.7 Å². The maximum Gasteiger partial charge on any atom is 0.341 e. The number of carboxylic acid groups (broad SMARTS) is 1. The molecular formula is C17H19NO4S2. The van der Waals surface area contributed by atoms with E-state index >= 15 is 0 Å². The number of thiocarbonyl (C=S) groups is 1. The van der Waals surface area contributed by atoms with Crippen molar-refractivity contribution < 1.29 is 19.4 Å². The highest BCUT2D eigenvalue weighted by molar-refractivity contribution is 8.26. The first kappa shape index (κ1) is 18.5. The van der Waals surface area contributed by atoms with Crippen LogP contribution in [0, 0.1) is 0 Å². The van der Waals surface area contributed by atoms with E-state index in [1.54, 1.807) is 6.07 Å². The monoisotopic (exact) mass is 365 g/mol. The van der Waals surface area contributed by atoms with Gasteiger partial charge >= 0.3 is 5.97 Å². The van der Waals surface area contributed by atoms with Gasteiger partial charge in [0.1, 0.15) is 10.1 Å². The Morgan fingerprint density at radius 2 is 2.08 bits per heavy atom. The SMILES string of the molecule is CCC/C(CCc1ccccc1OCC(=O)O)=C1\SC(=S)NC1=O. The Balaban J connectivity index is 2.13. The number of aryl methyl sites for hydroxylation is 1. The lowest BCUT2D eigenvalue weighted by Gasteiger charge is -2.12. The van der Waals surface area contributed by atoms with Crippen LogP contribution in [0.3, 0.4) is 0 Å². The van der Waals surface area contributed by atoms with Gasteiger partial charge < -0.3 is 15.2 Å². The Hall–Kier alpha value is -1.86. The number of carboxylic acids is 1. The molecule has 1 amide bonds. The fraction of sp³-hybridized carbons (Fsp3) is 0.353.